The van der Waals surface area contributed by atoms with Crippen molar-refractivity contribution in [2.45, 2.75) is 13.5 Å². The van der Waals surface area contributed by atoms with Gasteiger partial charge in [-0.3, -0.25) is 10.1 Å². The number of aryl methyl sites for hydroxylation is 1. The van der Waals surface area contributed by atoms with Crippen LogP contribution in [0.3, 0.4) is 0 Å². The summed E-state index contributed by atoms with van der Waals surface area (Å²) in [4.78, 5) is 35.5. The summed E-state index contributed by atoms with van der Waals surface area (Å²) in [5, 5.41) is 14.6. The quantitative estimate of drug-likeness (QED) is 0.232. The van der Waals surface area contributed by atoms with E-state index in [-0.39, 0.29) is 18.8 Å². The summed E-state index contributed by atoms with van der Waals surface area (Å²) in [5.74, 6) is 0.856. The fourth-order valence-electron chi connectivity index (χ4n) is 3.18. The average molecular weight is 465 g/mol. The molecule has 168 valence electrons. The molecule has 0 fully saturated rings. The number of hydrogen-bond acceptors (Lipinski definition) is 10. The van der Waals surface area contributed by atoms with Gasteiger partial charge in [-0.2, -0.15) is 0 Å². The third-order valence-electron chi connectivity index (χ3n) is 4.76. The zero-order valence-electron chi connectivity index (χ0n) is 17.8. The summed E-state index contributed by atoms with van der Waals surface area (Å²) < 4.78 is 11.0. The molecule has 11 heteroatoms. The molecule has 10 nitrogen and oxygen atoms in total. The number of ether oxygens (including phenoxy) is 2. The van der Waals surface area contributed by atoms with Crippen LogP contribution in [0.5, 0.6) is 5.75 Å². The van der Waals surface area contributed by atoms with Crippen molar-refractivity contribution in [3.05, 3.63) is 69.5 Å². The first-order valence-corrected chi connectivity index (χ1v) is 10.7. The first-order valence-electron chi connectivity index (χ1n) is 9.83. The highest BCUT2D eigenvalue weighted by Crippen LogP contribution is 2.28. The number of rotatable bonds is 8. The third-order valence-corrected chi connectivity index (χ3v) is 5.55. The van der Waals surface area contributed by atoms with Gasteiger partial charge in [-0.15, -0.1) is 11.3 Å². The molecule has 0 aliphatic rings. The largest absolute Gasteiger partial charge is 0.482 e. The lowest BCUT2D eigenvalue weighted by atomic mass is 10.1. The number of nitro groups is 1. The van der Waals surface area contributed by atoms with Crippen LogP contribution in [0.1, 0.15) is 11.4 Å². The zero-order valence-corrected chi connectivity index (χ0v) is 18.6. The number of nitrogens with one attached hydrogen (secondary N) is 1. The Morgan fingerprint density at radius 1 is 1.18 bits per heavy atom. The number of esters is 1. The molecule has 0 spiro atoms. The SMILES string of the molecule is COC(=O)COc1ccc([N+](=O)[O-])c(CNc2cc(-c3ccc4ncsc4c3)nc(C)n2)c1. The molecule has 0 amide bonds. The molecule has 2 aromatic heterocycles. The van der Waals surface area contributed by atoms with E-state index < -0.39 is 10.9 Å². The van der Waals surface area contributed by atoms with Crippen molar-refractivity contribution in [3.8, 4) is 17.0 Å². The Labute approximate surface area is 192 Å². The van der Waals surface area contributed by atoms with Crippen molar-refractivity contribution in [1.29, 1.82) is 0 Å². The Hall–Kier alpha value is -4.12. The predicted octanol–water partition coefficient (Wildman–Crippen LogP) is 4.13. The van der Waals surface area contributed by atoms with Crippen molar-refractivity contribution < 1.29 is 19.2 Å². The number of carbonyl (C=O) groups excluding carboxylic acids is 1. The molecule has 0 unspecified atom stereocenters. The van der Waals surface area contributed by atoms with Crippen LogP contribution in [-0.2, 0) is 16.1 Å². The number of aromatic nitrogens is 3. The molecule has 1 N–H and O–H groups in total. The zero-order chi connectivity index (χ0) is 23.4. The lowest BCUT2D eigenvalue weighted by molar-refractivity contribution is -0.385. The molecule has 0 aliphatic heterocycles. The van der Waals surface area contributed by atoms with E-state index >= 15 is 0 Å². The molecule has 2 heterocycles. The van der Waals surface area contributed by atoms with Gasteiger partial charge in [0, 0.05) is 24.2 Å². The molecular formula is C22H19N5O5S. The van der Waals surface area contributed by atoms with Crippen molar-refractivity contribution in [1.82, 2.24) is 15.0 Å². The van der Waals surface area contributed by atoms with Gasteiger partial charge in [-0.05, 0) is 31.2 Å². The van der Waals surface area contributed by atoms with Crippen LogP contribution in [0.4, 0.5) is 11.5 Å². The second-order valence-electron chi connectivity index (χ2n) is 6.99. The van der Waals surface area contributed by atoms with E-state index in [1.165, 1.54) is 25.3 Å². The molecule has 0 aliphatic carbocycles. The van der Waals surface area contributed by atoms with Gasteiger partial charge in [-0.1, -0.05) is 6.07 Å². The van der Waals surface area contributed by atoms with Crippen LogP contribution >= 0.6 is 11.3 Å². The number of nitrogens with zero attached hydrogens (tertiary/aromatic N) is 4. The van der Waals surface area contributed by atoms with E-state index in [9.17, 15) is 14.9 Å². The second-order valence-corrected chi connectivity index (χ2v) is 7.87. The number of hydrogen-bond donors (Lipinski definition) is 1. The van der Waals surface area contributed by atoms with Gasteiger partial charge in [0.25, 0.3) is 5.69 Å². The van der Waals surface area contributed by atoms with Gasteiger partial charge in [0.2, 0.25) is 0 Å². The Morgan fingerprint density at radius 3 is 2.82 bits per heavy atom. The normalized spacial score (nSPS) is 10.7. The standard InChI is InChI=1S/C22H19N5O5S/c1-13-25-18(14-3-5-17-20(8-14)33-12-24-17)9-21(26-13)23-10-15-7-16(32-11-22(28)31-2)4-6-19(15)27(29)30/h3-9,12H,10-11H2,1-2H3,(H,23,25,26). The average Bonchev–Trinajstić information content (AvgIpc) is 3.28. The lowest BCUT2D eigenvalue weighted by Crippen LogP contribution is -2.13. The highest BCUT2D eigenvalue weighted by molar-refractivity contribution is 7.16. The number of fused-ring (bicyclic) bond motifs is 1. The smallest absolute Gasteiger partial charge is 0.343 e. The summed E-state index contributed by atoms with van der Waals surface area (Å²) in [6.07, 6.45) is 0. The second kappa shape index (κ2) is 9.57. The maximum atomic E-state index is 11.5. The fraction of sp³-hybridized carbons (Fsp3) is 0.182. The molecule has 0 bridgehead atoms. The van der Waals surface area contributed by atoms with E-state index in [1.807, 2.05) is 18.2 Å². The van der Waals surface area contributed by atoms with E-state index in [4.69, 9.17) is 4.74 Å². The molecule has 0 saturated carbocycles. The van der Waals surface area contributed by atoms with Crippen molar-refractivity contribution in [2.75, 3.05) is 19.0 Å². The fourth-order valence-corrected chi connectivity index (χ4v) is 3.90. The van der Waals surface area contributed by atoms with Crippen molar-refractivity contribution in [3.63, 3.8) is 0 Å². The Kier molecular flexibility index (Phi) is 6.41. The molecule has 4 aromatic rings. The van der Waals surface area contributed by atoms with Crippen molar-refractivity contribution in [2.24, 2.45) is 0 Å². The van der Waals surface area contributed by atoms with Crippen LogP contribution < -0.4 is 10.1 Å². The number of benzene rings is 2. The Morgan fingerprint density at radius 2 is 2.03 bits per heavy atom. The molecule has 4 rings (SSSR count). The van der Waals surface area contributed by atoms with Gasteiger partial charge in [-0.25, -0.2) is 19.7 Å². The first-order chi connectivity index (χ1) is 15.9. The number of methoxy groups -OCH3 is 1. The third kappa shape index (κ3) is 5.21. The highest BCUT2D eigenvalue weighted by Gasteiger charge is 2.16. The minimum Gasteiger partial charge on any atom is -0.482 e. The Bertz CT molecular complexity index is 1340. The number of thiazole rings is 1. The van der Waals surface area contributed by atoms with E-state index in [1.54, 1.807) is 29.8 Å². The molecule has 2 aromatic carbocycles. The van der Waals surface area contributed by atoms with Gasteiger partial charge in [0.05, 0.1) is 39.0 Å². The molecular weight excluding hydrogens is 446 g/mol. The number of carbonyl (C=O) groups is 1. The summed E-state index contributed by atoms with van der Waals surface area (Å²) in [6.45, 7) is 1.61. The lowest BCUT2D eigenvalue weighted by Gasteiger charge is -2.11. The van der Waals surface area contributed by atoms with E-state index in [0.29, 0.717) is 23.0 Å². The first kappa shape index (κ1) is 22.1. The van der Waals surface area contributed by atoms with Crippen molar-refractivity contribution >= 4 is 39.0 Å². The summed E-state index contributed by atoms with van der Waals surface area (Å²) in [5.41, 5.74) is 4.67. The summed E-state index contributed by atoms with van der Waals surface area (Å²) in [7, 11) is 1.25. The van der Waals surface area contributed by atoms with E-state index in [2.05, 4.69) is 25.0 Å². The molecule has 0 radical (unpaired) electrons. The molecule has 0 atom stereocenters. The topological polar surface area (TPSA) is 129 Å². The maximum Gasteiger partial charge on any atom is 0.343 e. The molecule has 33 heavy (non-hydrogen) atoms. The van der Waals surface area contributed by atoms with Crippen LogP contribution in [0.25, 0.3) is 21.5 Å². The van der Waals surface area contributed by atoms with Gasteiger partial charge in [0.1, 0.15) is 17.4 Å². The van der Waals surface area contributed by atoms with Gasteiger partial charge in [0.15, 0.2) is 6.61 Å². The monoisotopic (exact) mass is 465 g/mol. The van der Waals surface area contributed by atoms with Gasteiger partial charge >= 0.3 is 5.97 Å². The van der Waals surface area contributed by atoms with Crippen LogP contribution in [0.15, 0.2) is 48.0 Å². The minimum absolute atomic E-state index is 0.0745. The number of anilines is 1. The van der Waals surface area contributed by atoms with Crippen LogP contribution in [0.2, 0.25) is 0 Å². The summed E-state index contributed by atoms with van der Waals surface area (Å²) >= 11 is 1.55. The van der Waals surface area contributed by atoms with E-state index in [0.717, 1.165) is 21.5 Å². The summed E-state index contributed by atoms with van der Waals surface area (Å²) in [6, 6.07) is 12.0. The molecule has 0 saturated heterocycles. The minimum atomic E-state index is -0.548. The van der Waals surface area contributed by atoms with Crippen LogP contribution in [-0.4, -0.2) is 39.6 Å². The van der Waals surface area contributed by atoms with Gasteiger partial charge < -0.3 is 14.8 Å². The number of nitro benzene ring substituents is 1. The van der Waals surface area contributed by atoms with Crippen LogP contribution in [0, 0.1) is 17.0 Å². The highest BCUT2D eigenvalue weighted by atomic mass is 32.1. The Balaban J connectivity index is 1.56. The maximum absolute atomic E-state index is 11.5. The predicted molar refractivity (Wildman–Crippen MR) is 123 cm³/mol.